The van der Waals surface area contributed by atoms with Crippen molar-refractivity contribution in [3.8, 4) is 0 Å². The van der Waals surface area contributed by atoms with Crippen LogP contribution in [0, 0.1) is 6.42 Å². The molecule has 0 saturated heterocycles. The monoisotopic (exact) mass is 163 g/mol. The molecule has 5 heteroatoms. The van der Waals surface area contributed by atoms with Crippen molar-refractivity contribution in [1.29, 1.82) is 0 Å². The van der Waals surface area contributed by atoms with Crippen LogP contribution in [0.15, 0.2) is 0 Å². The molecule has 0 spiro atoms. The van der Waals surface area contributed by atoms with Gasteiger partial charge < -0.3 is 25.5 Å². The van der Waals surface area contributed by atoms with E-state index >= 15 is 0 Å². The summed E-state index contributed by atoms with van der Waals surface area (Å²) in [6, 6.07) is 0. The third-order valence-corrected chi connectivity index (χ3v) is 1.79. The lowest BCUT2D eigenvalue weighted by molar-refractivity contribution is -0.152. The van der Waals surface area contributed by atoms with Crippen molar-refractivity contribution in [2.75, 3.05) is 0 Å². The van der Waals surface area contributed by atoms with Gasteiger partial charge in [0.15, 0.2) is 0 Å². The molecule has 11 heavy (non-hydrogen) atoms. The average Bonchev–Trinajstić information content (AvgIpc) is 1.97. The Balaban J connectivity index is 2.63. The molecule has 0 amide bonds. The Bertz CT molecular complexity index is 125. The van der Waals surface area contributed by atoms with Crippen LogP contribution in [0.4, 0.5) is 0 Å². The molecule has 0 heterocycles. The summed E-state index contributed by atoms with van der Waals surface area (Å²) in [5.74, 6) is 0. The smallest absolute Gasteiger partial charge is 0.111 e. The average molecular weight is 163 g/mol. The zero-order valence-corrected chi connectivity index (χ0v) is 5.70. The Labute approximate surface area is 63.5 Å². The highest BCUT2D eigenvalue weighted by Gasteiger charge is 2.41. The second-order valence-electron chi connectivity index (χ2n) is 2.65. The van der Waals surface area contributed by atoms with Crippen molar-refractivity contribution >= 4 is 0 Å². The summed E-state index contributed by atoms with van der Waals surface area (Å²) in [5, 5.41) is 44.6. The van der Waals surface area contributed by atoms with Gasteiger partial charge in [-0.05, 0) is 0 Å². The molecule has 1 fully saturated rings. The van der Waals surface area contributed by atoms with Crippen LogP contribution in [0.2, 0.25) is 0 Å². The van der Waals surface area contributed by atoms with E-state index < -0.39 is 30.5 Å². The molecule has 1 radical (unpaired) electrons. The number of aliphatic hydroxyl groups is 5. The van der Waals surface area contributed by atoms with Crippen LogP contribution in [0.3, 0.4) is 0 Å². The molecule has 4 atom stereocenters. The van der Waals surface area contributed by atoms with Crippen LogP contribution < -0.4 is 0 Å². The zero-order valence-electron chi connectivity index (χ0n) is 5.70. The number of hydrogen-bond acceptors (Lipinski definition) is 5. The topological polar surface area (TPSA) is 101 Å². The van der Waals surface area contributed by atoms with E-state index in [1.165, 1.54) is 0 Å². The first-order valence-corrected chi connectivity index (χ1v) is 3.29. The standard InChI is InChI=1S/C6H11O5/c7-2-1-3(8)5(10)6(11)4(2)9/h1-11H. The minimum atomic E-state index is -1.50. The first-order chi connectivity index (χ1) is 5.04. The summed E-state index contributed by atoms with van der Waals surface area (Å²) >= 11 is 0. The molecule has 5 N–H and O–H groups in total. The van der Waals surface area contributed by atoms with Crippen molar-refractivity contribution < 1.29 is 25.5 Å². The molecule has 1 aliphatic rings. The maximum atomic E-state index is 8.95. The molecule has 4 unspecified atom stereocenters. The van der Waals surface area contributed by atoms with Gasteiger partial charge in [-0.25, -0.2) is 0 Å². The van der Waals surface area contributed by atoms with Crippen molar-refractivity contribution in [1.82, 2.24) is 0 Å². The molecular formula is C6H11O5. The summed E-state index contributed by atoms with van der Waals surface area (Å²) in [4.78, 5) is 0. The minimum Gasteiger partial charge on any atom is -0.390 e. The lowest BCUT2D eigenvalue weighted by Gasteiger charge is -2.35. The Morgan fingerprint density at radius 3 is 1.36 bits per heavy atom. The first-order valence-electron chi connectivity index (χ1n) is 3.29. The molecule has 65 valence electrons. The third kappa shape index (κ3) is 1.52. The van der Waals surface area contributed by atoms with Crippen LogP contribution >= 0.6 is 0 Å². The number of aliphatic hydroxyl groups excluding tert-OH is 5. The van der Waals surface area contributed by atoms with Gasteiger partial charge in [0, 0.05) is 6.42 Å². The Hall–Kier alpha value is -0.200. The fourth-order valence-corrected chi connectivity index (χ4v) is 1.04. The first kappa shape index (κ1) is 8.89. The number of hydrogen-bond donors (Lipinski definition) is 5. The largest absolute Gasteiger partial charge is 0.390 e. The lowest BCUT2D eigenvalue weighted by atomic mass is 9.87. The quantitative estimate of drug-likeness (QED) is 0.262. The Morgan fingerprint density at radius 1 is 0.636 bits per heavy atom. The molecule has 0 aromatic heterocycles. The van der Waals surface area contributed by atoms with Crippen LogP contribution in [0.25, 0.3) is 0 Å². The lowest BCUT2D eigenvalue weighted by Crippen LogP contribution is -2.56. The SMILES string of the molecule is OC1[CH]C(O)C(O)C(O)C1O. The second kappa shape index (κ2) is 3.04. The molecular weight excluding hydrogens is 152 g/mol. The molecule has 1 saturated carbocycles. The normalized spacial score (nSPS) is 52.6. The van der Waals surface area contributed by atoms with Gasteiger partial charge in [-0.2, -0.15) is 0 Å². The van der Waals surface area contributed by atoms with Gasteiger partial charge in [0.25, 0.3) is 0 Å². The summed E-state index contributed by atoms with van der Waals surface area (Å²) in [7, 11) is 0. The summed E-state index contributed by atoms with van der Waals surface area (Å²) in [5.41, 5.74) is 0. The molecule has 5 nitrogen and oxygen atoms in total. The summed E-state index contributed by atoms with van der Waals surface area (Å²) in [6.45, 7) is 0. The van der Waals surface area contributed by atoms with Crippen LogP contribution in [0.1, 0.15) is 0 Å². The van der Waals surface area contributed by atoms with E-state index in [-0.39, 0.29) is 0 Å². The van der Waals surface area contributed by atoms with Gasteiger partial charge in [-0.3, -0.25) is 0 Å². The fourth-order valence-electron chi connectivity index (χ4n) is 1.04. The van der Waals surface area contributed by atoms with Gasteiger partial charge in [0.1, 0.15) is 18.3 Å². The van der Waals surface area contributed by atoms with Gasteiger partial charge >= 0.3 is 0 Å². The minimum absolute atomic E-state index is 0.974. The van der Waals surface area contributed by atoms with E-state index in [4.69, 9.17) is 25.5 Å². The van der Waals surface area contributed by atoms with Crippen LogP contribution in [0.5, 0.6) is 0 Å². The van der Waals surface area contributed by atoms with E-state index in [2.05, 4.69) is 0 Å². The van der Waals surface area contributed by atoms with E-state index in [0.29, 0.717) is 0 Å². The maximum Gasteiger partial charge on any atom is 0.111 e. The molecule has 1 rings (SSSR count). The van der Waals surface area contributed by atoms with Crippen molar-refractivity contribution in [2.24, 2.45) is 0 Å². The van der Waals surface area contributed by atoms with Crippen molar-refractivity contribution in [3.05, 3.63) is 6.42 Å². The second-order valence-corrected chi connectivity index (χ2v) is 2.65. The highest BCUT2D eigenvalue weighted by atomic mass is 16.4. The molecule has 0 aliphatic heterocycles. The third-order valence-electron chi connectivity index (χ3n) is 1.79. The molecule has 0 aromatic carbocycles. The van der Waals surface area contributed by atoms with Gasteiger partial charge in [0.2, 0.25) is 0 Å². The van der Waals surface area contributed by atoms with Gasteiger partial charge in [-0.15, -0.1) is 0 Å². The predicted octanol–water partition coefficient (Wildman–Crippen LogP) is -2.99. The zero-order chi connectivity index (χ0) is 8.59. The van der Waals surface area contributed by atoms with E-state index in [1.807, 2.05) is 0 Å². The Kier molecular flexibility index (Phi) is 2.46. The molecule has 0 aromatic rings. The molecule has 0 bridgehead atoms. The summed E-state index contributed by atoms with van der Waals surface area (Å²) < 4.78 is 0. The maximum absolute atomic E-state index is 8.95. The van der Waals surface area contributed by atoms with Crippen LogP contribution in [-0.4, -0.2) is 56.1 Å². The highest BCUT2D eigenvalue weighted by Crippen LogP contribution is 2.19. The Morgan fingerprint density at radius 2 is 1.00 bits per heavy atom. The highest BCUT2D eigenvalue weighted by molar-refractivity contribution is 5.03. The van der Waals surface area contributed by atoms with E-state index in [9.17, 15) is 0 Å². The van der Waals surface area contributed by atoms with E-state index in [1.54, 1.807) is 0 Å². The van der Waals surface area contributed by atoms with Crippen LogP contribution in [-0.2, 0) is 0 Å². The molecule has 1 aliphatic carbocycles. The number of rotatable bonds is 0. The predicted molar refractivity (Wildman–Crippen MR) is 34.3 cm³/mol. The van der Waals surface area contributed by atoms with E-state index in [0.717, 1.165) is 6.42 Å². The van der Waals surface area contributed by atoms with Crippen molar-refractivity contribution in [2.45, 2.75) is 30.5 Å². The van der Waals surface area contributed by atoms with Gasteiger partial charge in [0.05, 0.1) is 12.2 Å². The summed E-state index contributed by atoms with van der Waals surface area (Å²) in [6.07, 6.45) is -5.94. The van der Waals surface area contributed by atoms with Gasteiger partial charge in [-0.1, -0.05) is 0 Å². The fraction of sp³-hybridized carbons (Fsp3) is 0.833. The van der Waals surface area contributed by atoms with Crippen molar-refractivity contribution in [3.63, 3.8) is 0 Å².